The topological polar surface area (TPSA) is 136 Å². The second kappa shape index (κ2) is 15.3. The monoisotopic (exact) mass is 593 g/mol. The number of hydrogen-bond acceptors (Lipinski definition) is 5. The van der Waals surface area contributed by atoms with E-state index in [1.54, 1.807) is 54.3 Å². The highest BCUT2D eigenvalue weighted by atomic mass is 31.2. The molecule has 0 aromatic heterocycles. The van der Waals surface area contributed by atoms with Crippen LogP contribution in [0.1, 0.15) is 59.9 Å². The SMILES string of the molecule is CCCN(CCC)C(=O)c1cccc(C(=O)N[C@@H](Cc2ccccc2)P(=O)(O)CC(C)C(=O)Nc2ccc(O)cc2)c1. The zero-order chi connectivity index (χ0) is 30.7. The number of aromatic hydroxyl groups is 1. The fraction of sp³-hybridized carbons (Fsp3) is 0.344. The molecule has 3 atom stereocenters. The number of nitrogens with one attached hydrogen (secondary N) is 2. The average Bonchev–Trinajstić information content (AvgIpc) is 2.97. The predicted octanol–water partition coefficient (Wildman–Crippen LogP) is 5.50. The Morgan fingerprint density at radius 1 is 0.881 bits per heavy atom. The highest BCUT2D eigenvalue weighted by Gasteiger charge is 2.36. The van der Waals surface area contributed by atoms with E-state index in [9.17, 15) is 28.9 Å². The molecule has 10 heteroatoms. The summed E-state index contributed by atoms with van der Waals surface area (Å²) in [4.78, 5) is 52.3. The largest absolute Gasteiger partial charge is 0.508 e. The summed E-state index contributed by atoms with van der Waals surface area (Å²) in [5, 5.41) is 14.9. The van der Waals surface area contributed by atoms with E-state index in [0.29, 0.717) is 24.3 Å². The Hall–Kier alpha value is -3.94. The first kappa shape index (κ1) is 32.6. The van der Waals surface area contributed by atoms with E-state index in [-0.39, 0.29) is 29.8 Å². The Morgan fingerprint density at radius 3 is 2.12 bits per heavy atom. The van der Waals surface area contributed by atoms with Crippen LogP contribution in [0.2, 0.25) is 0 Å². The van der Waals surface area contributed by atoms with E-state index in [1.165, 1.54) is 30.3 Å². The number of anilines is 1. The Labute approximate surface area is 247 Å². The molecule has 9 nitrogen and oxygen atoms in total. The van der Waals surface area contributed by atoms with Gasteiger partial charge in [0.1, 0.15) is 11.5 Å². The van der Waals surface area contributed by atoms with Crippen molar-refractivity contribution in [2.24, 2.45) is 5.92 Å². The molecule has 0 heterocycles. The van der Waals surface area contributed by atoms with Gasteiger partial charge in [0.05, 0.1) is 0 Å². The summed E-state index contributed by atoms with van der Waals surface area (Å²) >= 11 is 0. The molecule has 0 saturated heterocycles. The summed E-state index contributed by atoms with van der Waals surface area (Å²) in [6, 6.07) is 21.3. The molecule has 0 saturated carbocycles. The second-order valence-electron chi connectivity index (χ2n) is 10.4. The van der Waals surface area contributed by atoms with Gasteiger partial charge < -0.3 is 25.5 Å². The molecular formula is C32H40N3O6P. The van der Waals surface area contributed by atoms with Crippen molar-refractivity contribution < 1.29 is 28.9 Å². The molecule has 0 aliphatic heterocycles. The van der Waals surface area contributed by atoms with Crippen LogP contribution in [0, 0.1) is 5.92 Å². The molecule has 4 N–H and O–H groups in total. The van der Waals surface area contributed by atoms with Crippen LogP contribution < -0.4 is 10.6 Å². The van der Waals surface area contributed by atoms with Crippen LogP contribution in [0.4, 0.5) is 5.69 Å². The first-order chi connectivity index (χ1) is 20.0. The van der Waals surface area contributed by atoms with Crippen molar-refractivity contribution >= 4 is 30.8 Å². The van der Waals surface area contributed by atoms with Gasteiger partial charge in [-0.15, -0.1) is 0 Å². The summed E-state index contributed by atoms with van der Waals surface area (Å²) < 4.78 is 13.8. The third kappa shape index (κ3) is 9.29. The second-order valence-corrected chi connectivity index (χ2v) is 12.9. The molecule has 0 fully saturated rings. The fourth-order valence-electron chi connectivity index (χ4n) is 4.61. The van der Waals surface area contributed by atoms with Crippen LogP contribution in [0.25, 0.3) is 0 Å². The van der Waals surface area contributed by atoms with Gasteiger partial charge in [-0.25, -0.2) is 0 Å². The summed E-state index contributed by atoms with van der Waals surface area (Å²) in [7, 11) is -4.14. The smallest absolute Gasteiger partial charge is 0.253 e. The number of benzene rings is 3. The molecule has 0 spiro atoms. The molecular weight excluding hydrogens is 553 g/mol. The maximum atomic E-state index is 13.8. The van der Waals surface area contributed by atoms with E-state index in [4.69, 9.17) is 0 Å². The van der Waals surface area contributed by atoms with Gasteiger partial charge in [0, 0.05) is 48.4 Å². The molecule has 0 aliphatic carbocycles. The maximum Gasteiger partial charge on any atom is 0.253 e. The van der Waals surface area contributed by atoms with Gasteiger partial charge in [-0.3, -0.25) is 18.9 Å². The lowest BCUT2D eigenvalue weighted by molar-refractivity contribution is -0.118. The van der Waals surface area contributed by atoms with Gasteiger partial charge in [0.25, 0.3) is 11.8 Å². The first-order valence-corrected chi connectivity index (χ1v) is 16.1. The zero-order valence-corrected chi connectivity index (χ0v) is 25.2. The summed E-state index contributed by atoms with van der Waals surface area (Å²) in [6.07, 6.45) is 1.33. The molecule has 224 valence electrons. The van der Waals surface area contributed by atoms with E-state index in [0.717, 1.165) is 18.4 Å². The van der Waals surface area contributed by atoms with Crippen molar-refractivity contribution in [2.45, 2.75) is 45.8 Å². The number of carbonyl (C=O) groups is 3. The van der Waals surface area contributed by atoms with Crippen molar-refractivity contribution in [3.63, 3.8) is 0 Å². The van der Waals surface area contributed by atoms with Crippen molar-refractivity contribution in [3.05, 3.63) is 95.6 Å². The summed E-state index contributed by atoms with van der Waals surface area (Å²) in [6.45, 7) is 6.76. The lowest BCUT2D eigenvalue weighted by Gasteiger charge is -2.26. The van der Waals surface area contributed by atoms with Gasteiger partial charge in [-0.05, 0) is 60.9 Å². The lowest BCUT2D eigenvalue weighted by Crippen LogP contribution is -2.38. The Morgan fingerprint density at radius 2 is 1.50 bits per heavy atom. The normalized spacial score (nSPS) is 13.8. The molecule has 3 amide bonds. The molecule has 0 radical (unpaired) electrons. The van der Waals surface area contributed by atoms with Crippen LogP contribution in [0.3, 0.4) is 0 Å². The van der Waals surface area contributed by atoms with Crippen LogP contribution in [-0.2, 0) is 15.8 Å². The Kier molecular flexibility index (Phi) is 11.9. The van der Waals surface area contributed by atoms with Crippen LogP contribution in [0.5, 0.6) is 5.75 Å². The Balaban J connectivity index is 1.80. The lowest BCUT2D eigenvalue weighted by atomic mass is 10.1. The van der Waals surface area contributed by atoms with Crippen LogP contribution in [0.15, 0.2) is 78.9 Å². The zero-order valence-electron chi connectivity index (χ0n) is 24.3. The quantitative estimate of drug-likeness (QED) is 0.144. The van der Waals surface area contributed by atoms with E-state index >= 15 is 0 Å². The minimum atomic E-state index is -4.14. The average molecular weight is 594 g/mol. The highest BCUT2D eigenvalue weighted by Crippen LogP contribution is 2.48. The van der Waals surface area contributed by atoms with Crippen molar-refractivity contribution in [1.29, 1.82) is 0 Å². The minimum absolute atomic E-state index is 0.0505. The summed E-state index contributed by atoms with van der Waals surface area (Å²) in [5.41, 5.74) is 1.76. The molecule has 42 heavy (non-hydrogen) atoms. The molecule has 3 rings (SSSR count). The fourth-order valence-corrected chi connectivity index (χ4v) is 6.63. The number of amides is 3. The summed E-state index contributed by atoms with van der Waals surface area (Å²) in [5.74, 6) is -3.19. The molecule has 2 unspecified atom stereocenters. The third-order valence-electron chi connectivity index (χ3n) is 6.82. The highest BCUT2D eigenvalue weighted by molar-refractivity contribution is 7.58. The van der Waals surface area contributed by atoms with Gasteiger partial charge in [0.2, 0.25) is 13.3 Å². The number of rotatable bonds is 14. The molecule has 3 aromatic rings. The predicted molar refractivity (Wildman–Crippen MR) is 165 cm³/mol. The van der Waals surface area contributed by atoms with Gasteiger partial charge in [0.15, 0.2) is 0 Å². The number of hydrogen-bond donors (Lipinski definition) is 4. The Bertz CT molecular complexity index is 1390. The standard InChI is InChI=1S/C32H40N3O6P/c1-4-18-35(19-5-2)32(39)26-13-9-12-25(21-26)31(38)34-29(20-24-10-7-6-8-11-24)42(40,41)22-23(3)30(37)33-27-14-16-28(36)17-15-27/h6-17,21,23,29,36H,4-5,18-20,22H2,1-3H3,(H,33,37)(H,34,38)(H,40,41)/t23?,29-/m1/s1. The minimum Gasteiger partial charge on any atom is -0.508 e. The van der Waals surface area contributed by atoms with Gasteiger partial charge >= 0.3 is 0 Å². The van der Waals surface area contributed by atoms with Crippen molar-refractivity contribution in [1.82, 2.24) is 10.2 Å². The van der Waals surface area contributed by atoms with Crippen molar-refractivity contribution in [2.75, 3.05) is 24.6 Å². The first-order valence-electron chi connectivity index (χ1n) is 14.2. The molecule has 0 aliphatic rings. The van der Waals surface area contributed by atoms with E-state index in [1.807, 2.05) is 19.9 Å². The third-order valence-corrected chi connectivity index (χ3v) is 9.18. The van der Waals surface area contributed by atoms with E-state index < -0.39 is 30.9 Å². The maximum absolute atomic E-state index is 13.8. The molecule has 3 aromatic carbocycles. The molecule has 0 bridgehead atoms. The van der Waals surface area contributed by atoms with Crippen LogP contribution in [-0.4, -0.2) is 57.7 Å². The van der Waals surface area contributed by atoms with Crippen LogP contribution >= 0.6 is 7.37 Å². The van der Waals surface area contributed by atoms with Crippen molar-refractivity contribution in [3.8, 4) is 5.75 Å². The number of nitrogens with zero attached hydrogens (tertiary/aromatic N) is 1. The number of phenols is 1. The number of carbonyl (C=O) groups excluding carboxylic acids is 3. The van der Waals surface area contributed by atoms with E-state index in [2.05, 4.69) is 10.6 Å². The van der Waals surface area contributed by atoms with Gasteiger partial charge in [-0.2, -0.15) is 0 Å². The van der Waals surface area contributed by atoms with Gasteiger partial charge in [-0.1, -0.05) is 57.2 Å². The number of phenolic OH excluding ortho intramolecular Hbond substituents is 1.